The molecule has 8 nitrogen and oxygen atoms in total. The molecule has 4 aromatic rings. The fourth-order valence-corrected chi connectivity index (χ4v) is 7.48. The number of aryl methyl sites for hydroxylation is 2. The van der Waals surface area contributed by atoms with E-state index in [1.54, 1.807) is 0 Å². The summed E-state index contributed by atoms with van der Waals surface area (Å²) >= 11 is 0. The lowest BCUT2D eigenvalue weighted by atomic mass is 9.87. The number of amides is 2. The van der Waals surface area contributed by atoms with Crippen LogP contribution in [0.2, 0.25) is 0 Å². The first kappa shape index (κ1) is 76.1. The zero-order valence-electron chi connectivity index (χ0n) is 43.4. The summed E-state index contributed by atoms with van der Waals surface area (Å²) in [6, 6.07) is 14.9. The standard InChI is InChI=1S/C49H32F34N2O6/c50-34(51,36(54,55)38(58,59)40(62,63)42(66,67)44(70,71)46(74,75)48(78,79)80)17-1-3-22-9-15-30(28(86)20-22)90-32(88)84-26-11-5-24(6-12-26)19-25-7-13-27(14-8-25)85-33(89)91-31-16-10-23(21-29(31)87)4-2-18-35(52,53)37(56,57)39(60,61)41(64,65)43(68,69)45(72,73)47(76,77)49(81,82)83/h5-16,20-21,86-87H,1-4,17-19H2,(H,84,88)(H,85,89). The van der Waals surface area contributed by atoms with Gasteiger partial charge in [0.2, 0.25) is 0 Å². The zero-order chi connectivity index (χ0) is 70.6. The van der Waals surface area contributed by atoms with Crippen LogP contribution in [-0.2, 0) is 19.3 Å². The molecule has 0 fully saturated rings. The van der Waals surface area contributed by atoms with Gasteiger partial charge < -0.3 is 19.7 Å². The van der Waals surface area contributed by atoms with Crippen molar-refractivity contribution >= 4 is 23.6 Å². The predicted molar refractivity (Wildman–Crippen MR) is 238 cm³/mol. The monoisotopic (exact) mass is 1390 g/mol. The Morgan fingerprint density at radius 2 is 0.549 bits per heavy atom. The molecule has 0 aliphatic heterocycles. The Morgan fingerprint density at radius 3 is 0.791 bits per heavy atom. The molecule has 0 atom stereocenters. The average Bonchev–Trinajstić information content (AvgIpc) is 0.704. The van der Waals surface area contributed by atoms with Crippen molar-refractivity contribution in [2.75, 3.05) is 10.6 Å². The third-order valence-corrected chi connectivity index (χ3v) is 12.7. The molecule has 42 heteroatoms. The Labute approximate surface area is 483 Å². The largest absolute Gasteiger partial charge is 0.504 e. The number of phenols is 2. The Balaban J connectivity index is 1.28. The van der Waals surface area contributed by atoms with E-state index in [1.165, 1.54) is 48.5 Å². The molecule has 0 aromatic heterocycles. The average molecular weight is 1390 g/mol. The molecule has 2 amide bonds. The Bertz CT molecular complexity index is 3010. The van der Waals surface area contributed by atoms with Gasteiger partial charge in [0, 0.05) is 24.2 Å². The van der Waals surface area contributed by atoms with Crippen molar-refractivity contribution in [3.05, 3.63) is 107 Å². The molecular formula is C49H32F34N2O6. The molecule has 0 aliphatic rings. The van der Waals surface area contributed by atoms with E-state index in [9.17, 15) is 169 Å². The van der Waals surface area contributed by atoms with Gasteiger partial charge in [-0.05, 0) is 103 Å². The zero-order valence-corrected chi connectivity index (χ0v) is 43.4. The van der Waals surface area contributed by atoms with Crippen LogP contribution >= 0.6 is 0 Å². The first-order valence-corrected chi connectivity index (χ1v) is 23.8. The van der Waals surface area contributed by atoms with Gasteiger partial charge in [0.1, 0.15) is 0 Å². The molecule has 0 radical (unpaired) electrons. The number of hydrogen-bond donors (Lipinski definition) is 4. The number of alkyl halides is 34. The molecule has 0 saturated carbocycles. The summed E-state index contributed by atoms with van der Waals surface area (Å²) < 4.78 is 471. The Morgan fingerprint density at radius 1 is 0.319 bits per heavy atom. The van der Waals surface area contributed by atoms with E-state index in [-0.39, 0.29) is 17.8 Å². The molecule has 4 rings (SSSR count). The number of rotatable bonds is 26. The number of benzene rings is 4. The van der Waals surface area contributed by atoms with Crippen molar-refractivity contribution in [3.8, 4) is 23.0 Å². The number of carbonyl (C=O) groups is 2. The van der Waals surface area contributed by atoms with Crippen LogP contribution < -0.4 is 20.1 Å². The van der Waals surface area contributed by atoms with Gasteiger partial charge in [-0.1, -0.05) is 36.4 Å². The number of halogens is 34. The van der Waals surface area contributed by atoms with Gasteiger partial charge in [-0.15, -0.1) is 0 Å². The van der Waals surface area contributed by atoms with Crippen LogP contribution in [0.25, 0.3) is 0 Å². The van der Waals surface area contributed by atoms with Gasteiger partial charge in [0.05, 0.1) is 0 Å². The normalized spacial score (nSPS) is 14.5. The molecule has 4 N–H and O–H groups in total. The third-order valence-electron chi connectivity index (χ3n) is 12.7. The van der Waals surface area contributed by atoms with Gasteiger partial charge in [0.25, 0.3) is 0 Å². The minimum atomic E-state index is -8.78. The van der Waals surface area contributed by atoms with Crippen LogP contribution in [0.4, 0.5) is 170 Å². The van der Waals surface area contributed by atoms with Crippen LogP contribution in [0.3, 0.4) is 0 Å². The van der Waals surface area contributed by atoms with Gasteiger partial charge in [-0.25, -0.2) is 9.59 Å². The van der Waals surface area contributed by atoms with Crippen molar-refractivity contribution in [1.29, 1.82) is 0 Å². The summed E-state index contributed by atoms with van der Waals surface area (Å²) in [5.74, 6) is -118. The lowest BCUT2D eigenvalue weighted by molar-refractivity contribution is -0.461. The van der Waals surface area contributed by atoms with E-state index in [2.05, 4.69) is 10.6 Å². The van der Waals surface area contributed by atoms with Crippen molar-refractivity contribution in [2.45, 2.75) is 140 Å². The molecule has 0 heterocycles. The van der Waals surface area contributed by atoms with Gasteiger partial charge in [0.15, 0.2) is 23.0 Å². The van der Waals surface area contributed by atoms with E-state index in [1.807, 2.05) is 0 Å². The Kier molecular flexibility index (Phi) is 20.6. The summed E-state index contributed by atoms with van der Waals surface area (Å²) in [6.07, 6.45) is -29.1. The summed E-state index contributed by atoms with van der Waals surface area (Å²) in [6.45, 7) is 0. The second kappa shape index (κ2) is 24.6. The highest BCUT2D eigenvalue weighted by molar-refractivity contribution is 5.87. The van der Waals surface area contributed by atoms with Crippen LogP contribution in [0.15, 0.2) is 84.9 Å². The summed E-state index contributed by atoms with van der Waals surface area (Å²) in [5, 5.41) is 24.8. The quantitative estimate of drug-likeness (QED) is 0.0465. The minimum absolute atomic E-state index is 0.00560. The lowest BCUT2D eigenvalue weighted by Crippen LogP contribution is -2.74. The number of ether oxygens (including phenoxy) is 2. The van der Waals surface area contributed by atoms with Crippen molar-refractivity contribution in [2.24, 2.45) is 0 Å². The molecule has 0 saturated heterocycles. The van der Waals surface area contributed by atoms with Crippen LogP contribution in [-0.4, -0.2) is 118 Å². The summed E-state index contributed by atoms with van der Waals surface area (Å²) in [7, 11) is 0. The molecular weight excluding hydrogens is 1360 g/mol. The fourth-order valence-electron chi connectivity index (χ4n) is 7.48. The maximum Gasteiger partial charge on any atom is 0.460 e. The van der Waals surface area contributed by atoms with Crippen LogP contribution in [0, 0.1) is 0 Å². The number of aromatic hydroxyl groups is 2. The third kappa shape index (κ3) is 13.6. The maximum atomic E-state index is 14.3. The topological polar surface area (TPSA) is 117 Å². The molecule has 91 heavy (non-hydrogen) atoms. The van der Waals surface area contributed by atoms with Crippen LogP contribution in [0.1, 0.15) is 47.9 Å². The molecule has 512 valence electrons. The SMILES string of the molecule is O=C(Nc1ccc(Cc2ccc(NC(=O)Oc3ccc(CCCC(F)(F)C(F)(F)C(F)(F)C(F)(F)C(F)(F)C(F)(F)C(F)(F)C(F)(F)F)cc3O)cc2)cc1)Oc1ccc(CCCC(F)(F)C(F)(F)C(F)(F)C(F)(F)C(F)(F)C(F)(F)C(F)(F)C(F)(F)F)cc1O. The molecule has 0 spiro atoms. The highest BCUT2D eigenvalue weighted by Gasteiger charge is 2.97. The number of nitrogens with one attached hydrogen (secondary N) is 2. The van der Waals surface area contributed by atoms with E-state index >= 15 is 0 Å². The smallest absolute Gasteiger partial charge is 0.460 e. The highest BCUT2D eigenvalue weighted by Crippen LogP contribution is 2.66. The number of anilines is 2. The van der Waals surface area contributed by atoms with Gasteiger partial charge in [-0.3, -0.25) is 10.6 Å². The first-order valence-electron chi connectivity index (χ1n) is 23.8. The van der Waals surface area contributed by atoms with E-state index < -0.39 is 180 Å². The number of hydrogen-bond acceptors (Lipinski definition) is 6. The van der Waals surface area contributed by atoms with Crippen molar-refractivity contribution < 1.29 is 179 Å². The second-order valence-electron chi connectivity index (χ2n) is 19.2. The predicted octanol–water partition coefficient (Wildman–Crippen LogP) is 18.6. The molecule has 0 unspecified atom stereocenters. The molecule has 0 bridgehead atoms. The van der Waals surface area contributed by atoms with Crippen molar-refractivity contribution in [3.63, 3.8) is 0 Å². The van der Waals surface area contributed by atoms with Gasteiger partial charge >= 0.3 is 107 Å². The summed E-state index contributed by atoms with van der Waals surface area (Å²) in [4.78, 5) is 25.0. The van der Waals surface area contributed by atoms with Crippen LogP contribution in [0.5, 0.6) is 23.0 Å². The van der Waals surface area contributed by atoms with Gasteiger partial charge in [-0.2, -0.15) is 149 Å². The Hall–Kier alpha value is -7.36. The summed E-state index contributed by atoms with van der Waals surface area (Å²) in [5.41, 5.74) is 0.163. The first-order chi connectivity index (χ1) is 40.6. The van der Waals surface area contributed by atoms with E-state index in [4.69, 9.17) is 9.47 Å². The maximum absolute atomic E-state index is 14.3. The lowest BCUT2D eigenvalue weighted by Gasteiger charge is -2.42. The van der Waals surface area contributed by atoms with Crippen molar-refractivity contribution in [1.82, 2.24) is 0 Å². The number of carbonyl (C=O) groups excluding carboxylic acids is 2. The highest BCUT2D eigenvalue weighted by atomic mass is 19.4. The van der Waals surface area contributed by atoms with E-state index in [0.29, 0.717) is 35.4 Å². The molecule has 0 aliphatic carbocycles. The minimum Gasteiger partial charge on any atom is -0.504 e. The fraction of sp³-hybridized carbons (Fsp3) is 0.469. The molecule has 4 aromatic carbocycles. The number of phenolic OH excluding ortho intramolecular Hbond substituents is 2. The second-order valence-corrected chi connectivity index (χ2v) is 19.2. The van der Waals surface area contributed by atoms with E-state index in [0.717, 1.165) is 12.1 Å².